The fourth-order valence-corrected chi connectivity index (χ4v) is 3.96. The van der Waals surface area contributed by atoms with Crippen LogP contribution in [-0.2, 0) is 0 Å². The average molecular weight is 455 g/mol. The van der Waals surface area contributed by atoms with Gasteiger partial charge in [0.15, 0.2) is 11.5 Å². The lowest BCUT2D eigenvalue weighted by molar-refractivity contribution is 0.0878. The highest BCUT2D eigenvalue weighted by Gasteiger charge is 2.25. The maximum Gasteiger partial charge on any atom is 0.273 e. The van der Waals surface area contributed by atoms with Crippen molar-refractivity contribution in [2.75, 3.05) is 46.9 Å². The Kier molecular flexibility index (Phi) is 7.09. The molecule has 1 fully saturated rings. The molecule has 3 aromatic rings. The van der Waals surface area contributed by atoms with Gasteiger partial charge in [0.1, 0.15) is 5.75 Å². The summed E-state index contributed by atoms with van der Waals surface area (Å²) in [5, 5.41) is 7.70. The fourth-order valence-electron chi connectivity index (χ4n) is 3.83. The Balaban J connectivity index is 1.45. The minimum absolute atomic E-state index is 0.0536. The van der Waals surface area contributed by atoms with Gasteiger partial charge in [0.2, 0.25) is 0 Å². The zero-order valence-electron chi connectivity index (χ0n) is 18.3. The summed E-state index contributed by atoms with van der Waals surface area (Å²) in [6.45, 7) is 4.32. The van der Waals surface area contributed by atoms with Gasteiger partial charge in [-0.1, -0.05) is 28.9 Å². The normalized spacial score (nSPS) is 16.0. The quantitative estimate of drug-likeness (QED) is 0.586. The summed E-state index contributed by atoms with van der Waals surface area (Å²) in [6, 6.07) is 16.9. The van der Waals surface area contributed by atoms with E-state index in [2.05, 4.69) is 27.3 Å². The summed E-state index contributed by atoms with van der Waals surface area (Å²) >= 11 is 6.08. The number of aromatic nitrogens is 1. The molecule has 0 spiro atoms. The summed E-state index contributed by atoms with van der Waals surface area (Å²) in [5.41, 5.74) is 2.20. The van der Waals surface area contributed by atoms with Crippen LogP contribution in [0, 0.1) is 0 Å². The van der Waals surface area contributed by atoms with E-state index in [4.69, 9.17) is 20.9 Å². The van der Waals surface area contributed by atoms with E-state index in [9.17, 15) is 4.79 Å². The summed E-state index contributed by atoms with van der Waals surface area (Å²) in [7, 11) is 3.74. The molecule has 1 aromatic heterocycles. The minimum Gasteiger partial charge on any atom is -0.497 e. The molecule has 1 unspecified atom stereocenters. The molecule has 2 aromatic carbocycles. The van der Waals surface area contributed by atoms with Gasteiger partial charge in [-0.2, -0.15) is 0 Å². The predicted molar refractivity (Wildman–Crippen MR) is 124 cm³/mol. The first-order valence-corrected chi connectivity index (χ1v) is 11.0. The molecule has 0 saturated carbocycles. The Labute approximate surface area is 192 Å². The van der Waals surface area contributed by atoms with Gasteiger partial charge >= 0.3 is 0 Å². The minimum atomic E-state index is -0.262. The largest absolute Gasteiger partial charge is 0.497 e. The number of hydrogen-bond acceptors (Lipinski definition) is 6. The van der Waals surface area contributed by atoms with Crippen molar-refractivity contribution < 1.29 is 14.1 Å². The van der Waals surface area contributed by atoms with Gasteiger partial charge in [0.05, 0.1) is 13.2 Å². The van der Waals surface area contributed by atoms with Crippen molar-refractivity contribution in [3.63, 3.8) is 0 Å². The van der Waals surface area contributed by atoms with Crippen LogP contribution in [0.2, 0.25) is 5.02 Å². The molecule has 1 aliphatic heterocycles. The van der Waals surface area contributed by atoms with Crippen LogP contribution in [0.1, 0.15) is 22.1 Å². The molecule has 0 bridgehead atoms. The van der Waals surface area contributed by atoms with Gasteiger partial charge in [-0.15, -0.1) is 0 Å². The van der Waals surface area contributed by atoms with Crippen LogP contribution in [0.3, 0.4) is 0 Å². The van der Waals surface area contributed by atoms with E-state index in [1.165, 1.54) is 0 Å². The molecule has 1 atom stereocenters. The fraction of sp³-hybridized carbons (Fsp3) is 0.333. The van der Waals surface area contributed by atoms with E-state index in [1.54, 1.807) is 13.2 Å². The van der Waals surface area contributed by atoms with Crippen molar-refractivity contribution in [1.82, 2.24) is 20.3 Å². The Morgan fingerprint density at radius 3 is 2.47 bits per heavy atom. The SMILES string of the molecule is COc1ccc(-c2cc(C(=O)NCC(c3ccc(Cl)cc3)N3CCN(C)CC3)no2)cc1. The number of methoxy groups -OCH3 is 1. The molecule has 4 rings (SSSR count). The zero-order chi connectivity index (χ0) is 22.5. The second kappa shape index (κ2) is 10.2. The lowest BCUT2D eigenvalue weighted by atomic mass is 10.0. The van der Waals surface area contributed by atoms with Crippen LogP contribution in [0.5, 0.6) is 5.75 Å². The molecule has 2 heterocycles. The van der Waals surface area contributed by atoms with Gasteiger partial charge in [-0.05, 0) is 49.0 Å². The Hall–Kier alpha value is -2.87. The number of carbonyl (C=O) groups excluding carboxylic acids is 1. The molecular formula is C24H27ClN4O3. The maximum atomic E-state index is 12.8. The number of nitrogens with one attached hydrogen (secondary N) is 1. The van der Waals surface area contributed by atoms with Crippen LogP contribution in [0.4, 0.5) is 0 Å². The molecular weight excluding hydrogens is 428 g/mol. The number of hydrogen-bond donors (Lipinski definition) is 1. The number of rotatable bonds is 7. The van der Waals surface area contributed by atoms with Crippen LogP contribution in [0.25, 0.3) is 11.3 Å². The van der Waals surface area contributed by atoms with E-state index < -0.39 is 0 Å². The summed E-state index contributed by atoms with van der Waals surface area (Å²) in [5.74, 6) is 1.02. The second-order valence-electron chi connectivity index (χ2n) is 7.92. The number of piperazine rings is 1. The third-order valence-corrected chi connectivity index (χ3v) is 6.06. The second-order valence-corrected chi connectivity index (χ2v) is 8.36. The van der Waals surface area contributed by atoms with Crippen LogP contribution in [-0.4, -0.2) is 67.7 Å². The first-order chi connectivity index (χ1) is 15.5. The molecule has 1 N–H and O–H groups in total. The van der Waals surface area contributed by atoms with Gasteiger partial charge in [0.25, 0.3) is 5.91 Å². The Bertz CT molecular complexity index is 1030. The molecule has 1 amide bonds. The summed E-state index contributed by atoms with van der Waals surface area (Å²) in [6.07, 6.45) is 0. The van der Waals surface area contributed by atoms with Crippen LogP contribution < -0.4 is 10.1 Å². The van der Waals surface area contributed by atoms with E-state index >= 15 is 0 Å². The third-order valence-electron chi connectivity index (χ3n) is 5.81. The summed E-state index contributed by atoms with van der Waals surface area (Å²) in [4.78, 5) is 17.5. The monoisotopic (exact) mass is 454 g/mol. The topological polar surface area (TPSA) is 70.8 Å². The number of ether oxygens (including phenoxy) is 1. The summed E-state index contributed by atoms with van der Waals surface area (Å²) < 4.78 is 10.6. The molecule has 32 heavy (non-hydrogen) atoms. The van der Waals surface area contributed by atoms with E-state index in [-0.39, 0.29) is 17.6 Å². The van der Waals surface area contributed by atoms with E-state index in [1.807, 2.05) is 48.5 Å². The van der Waals surface area contributed by atoms with Gasteiger partial charge in [0, 0.05) is 49.4 Å². The lowest BCUT2D eigenvalue weighted by Crippen LogP contribution is -2.48. The highest BCUT2D eigenvalue weighted by Crippen LogP contribution is 2.25. The van der Waals surface area contributed by atoms with Crippen LogP contribution >= 0.6 is 11.6 Å². The smallest absolute Gasteiger partial charge is 0.273 e. The molecule has 8 heteroatoms. The van der Waals surface area contributed by atoms with Gasteiger partial charge in [-0.3, -0.25) is 9.69 Å². The Morgan fingerprint density at radius 1 is 1.12 bits per heavy atom. The third kappa shape index (κ3) is 5.30. The number of nitrogens with zero attached hydrogens (tertiary/aromatic N) is 3. The number of amides is 1. The molecule has 168 valence electrons. The number of carbonyl (C=O) groups is 1. The molecule has 1 aliphatic rings. The lowest BCUT2D eigenvalue weighted by Gasteiger charge is -2.38. The first kappa shape index (κ1) is 22.3. The molecule has 0 aliphatic carbocycles. The van der Waals surface area contributed by atoms with Crippen molar-refractivity contribution in [2.45, 2.75) is 6.04 Å². The molecule has 0 radical (unpaired) electrons. The maximum absolute atomic E-state index is 12.8. The zero-order valence-corrected chi connectivity index (χ0v) is 19.0. The highest BCUT2D eigenvalue weighted by atomic mass is 35.5. The first-order valence-electron chi connectivity index (χ1n) is 10.6. The highest BCUT2D eigenvalue weighted by molar-refractivity contribution is 6.30. The van der Waals surface area contributed by atoms with Crippen LogP contribution in [0.15, 0.2) is 59.1 Å². The van der Waals surface area contributed by atoms with Gasteiger partial charge < -0.3 is 19.5 Å². The van der Waals surface area contributed by atoms with E-state index in [0.717, 1.165) is 43.1 Å². The van der Waals surface area contributed by atoms with Crippen molar-refractivity contribution >= 4 is 17.5 Å². The standard InChI is InChI=1S/C24H27ClN4O3/c1-28-11-13-29(14-12-28)22(17-3-7-19(25)8-4-17)16-26-24(30)21-15-23(32-27-21)18-5-9-20(31-2)10-6-18/h3-10,15,22H,11-14,16H2,1-2H3,(H,26,30). The molecule has 7 nitrogen and oxygen atoms in total. The van der Waals surface area contributed by atoms with E-state index in [0.29, 0.717) is 17.3 Å². The van der Waals surface area contributed by atoms with Crippen molar-refractivity contribution in [1.29, 1.82) is 0 Å². The number of benzene rings is 2. The predicted octanol–water partition coefficient (Wildman–Crippen LogP) is 3.72. The van der Waals surface area contributed by atoms with Crippen molar-refractivity contribution in [3.05, 3.63) is 70.9 Å². The molecule has 1 saturated heterocycles. The van der Waals surface area contributed by atoms with Crippen molar-refractivity contribution in [3.8, 4) is 17.1 Å². The van der Waals surface area contributed by atoms with Gasteiger partial charge in [-0.25, -0.2) is 0 Å². The number of likely N-dealkylation sites (N-methyl/N-ethyl adjacent to an activating group) is 1. The van der Waals surface area contributed by atoms with Crippen molar-refractivity contribution in [2.24, 2.45) is 0 Å². The number of halogens is 1. The average Bonchev–Trinajstić information content (AvgIpc) is 3.32. The Morgan fingerprint density at radius 2 is 1.81 bits per heavy atom.